The molecule has 0 aliphatic heterocycles. The Labute approximate surface area is 161 Å². The summed E-state index contributed by atoms with van der Waals surface area (Å²) < 4.78 is 5.51. The summed E-state index contributed by atoms with van der Waals surface area (Å²) in [6.07, 6.45) is 1.21. The number of nitro benzene ring substituents is 3. The van der Waals surface area contributed by atoms with Crippen LogP contribution in [0.25, 0.3) is 11.3 Å². The molecule has 0 saturated heterocycles. The van der Waals surface area contributed by atoms with Gasteiger partial charge < -0.3 is 4.42 Å². The standard InChI is InChI=1S/C17H11N5O7/c23-20(24)11-5-7-14(16(9-11)22(27)28)19-18-10-12-6-8-17(29-12)13-3-1-2-4-15(13)21(25)26/h1-10,19H. The smallest absolute Gasteiger partial charge is 0.301 e. The van der Waals surface area contributed by atoms with E-state index in [1.807, 2.05) is 0 Å². The van der Waals surface area contributed by atoms with Crippen molar-refractivity contribution in [2.75, 3.05) is 5.43 Å². The number of hydrazone groups is 1. The zero-order chi connectivity index (χ0) is 21.0. The van der Waals surface area contributed by atoms with Crippen LogP contribution >= 0.6 is 0 Å². The lowest BCUT2D eigenvalue weighted by Crippen LogP contribution is -1.98. The number of furan rings is 1. The van der Waals surface area contributed by atoms with Gasteiger partial charge >= 0.3 is 5.69 Å². The molecule has 1 aromatic heterocycles. The molecule has 0 amide bonds. The Kier molecular flexibility index (Phi) is 5.26. The van der Waals surface area contributed by atoms with Crippen molar-refractivity contribution in [3.05, 3.63) is 90.7 Å². The van der Waals surface area contributed by atoms with Crippen LogP contribution in [0.15, 0.2) is 64.1 Å². The average molecular weight is 397 g/mol. The Hall–Kier alpha value is -4.61. The van der Waals surface area contributed by atoms with Crippen LogP contribution in [0, 0.1) is 30.3 Å². The SMILES string of the molecule is O=[N+]([O-])c1ccc(NN=Cc2ccc(-c3ccccc3[N+](=O)[O-])o2)c([N+](=O)[O-])c1. The van der Waals surface area contributed by atoms with Gasteiger partial charge in [-0.1, -0.05) is 12.1 Å². The van der Waals surface area contributed by atoms with Gasteiger partial charge in [0.25, 0.3) is 11.4 Å². The molecule has 0 fully saturated rings. The van der Waals surface area contributed by atoms with E-state index in [2.05, 4.69) is 10.5 Å². The summed E-state index contributed by atoms with van der Waals surface area (Å²) in [5.41, 5.74) is 1.60. The quantitative estimate of drug-likeness (QED) is 0.353. The summed E-state index contributed by atoms with van der Waals surface area (Å²) in [4.78, 5) is 30.9. The molecule has 0 radical (unpaired) electrons. The molecule has 1 N–H and O–H groups in total. The maximum atomic E-state index is 11.1. The molecule has 0 aliphatic carbocycles. The minimum atomic E-state index is -0.773. The first-order valence-corrected chi connectivity index (χ1v) is 7.92. The second-order valence-corrected chi connectivity index (χ2v) is 5.56. The Morgan fingerprint density at radius 1 is 0.862 bits per heavy atom. The zero-order valence-electron chi connectivity index (χ0n) is 14.4. The molecule has 29 heavy (non-hydrogen) atoms. The molecule has 0 bridgehead atoms. The van der Waals surface area contributed by atoms with E-state index in [1.54, 1.807) is 6.07 Å². The minimum absolute atomic E-state index is 0.0534. The van der Waals surface area contributed by atoms with Gasteiger partial charge in [-0.2, -0.15) is 5.10 Å². The third-order valence-electron chi connectivity index (χ3n) is 3.76. The number of nitrogens with zero attached hydrogens (tertiary/aromatic N) is 4. The van der Waals surface area contributed by atoms with Gasteiger partial charge in [-0.3, -0.25) is 35.8 Å². The van der Waals surface area contributed by atoms with Crippen LogP contribution in [0.5, 0.6) is 0 Å². The van der Waals surface area contributed by atoms with E-state index in [0.29, 0.717) is 0 Å². The van der Waals surface area contributed by atoms with Crippen LogP contribution < -0.4 is 5.43 Å². The number of hydrogen-bond acceptors (Lipinski definition) is 9. The normalized spacial score (nSPS) is 10.8. The summed E-state index contributed by atoms with van der Waals surface area (Å²) in [5, 5.41) is 36.8. The summed E-state index contributed by atoms with van der Waals surface area (Å²) in [7, 11) is 0. The zero-order valence-corrected chi connectivity index (χ0v) is 14.4. The van der Waals surface area contributed by atoms with Crippen molar-refractivity contribution in [1.82, 2.24) is 0 Å². The highest BCUT2D eigenvalue weighted by Crippen LogP contribution is 2.31. The first-order valence-electron chi connectivity index (χ1n) is 7.92. The minimum Gasteiger partial charge on any atom is -0.455 e. The van der Waals surface area contributed by atoms with E-state index in [0.717, 1.165) is 18.2 Å². The Morgan fingerprint density at radius 3 is 2.28 bits per heavy atom. The molecule has 2 aromatic carbocycles. The second kappa shape index (κ2) is 7.96. The monoisotopic (exact) mass is 397 g/mol. The van der Waals surface area contributed by atoms with Crippen molar-refractivity contribution in [2.45, 2.75) is 0 Å². The Bertz CT molecular complexity index is 1140. The van der Waals surface area contributed by atoms with Gasteiger partial charge in [0.1, 0.15) is 17.2 Å². The highest BCUT2D eigenvalue weighted by molar-refractivity contribution is 5.80. The molecule has 3 rings (SSSR count). The van der Waals surface area contributed by atoms with Gasteiger partial charge in [0.2, 0.25) is 0 Å². The van der Waals surface area contributed by atoms with Crippen molar-refractivity contribution in [1.29, 1.82) is 0 Å². The maximum absolute atomic E-state index is 11.1. The van der Waals surface area contributed by atoms with Crippen molar-refractivity contribution in [2.24, 2.45) is 5.10 Å². The molecule has 0 atom stereocenters. The first kappa shape index (κ1) is 19.2. The predicted molar refractivity (Wildman–Crippen MR) is 102 cm³/mol. The summed E-state index contributed by atoms with van der Waals surface area (Å²) in [5.74, 6) is 0.482. The fourth-order valence-corrected chi connectivity index (χ4v) is 2.45. The van der Waals surface area contributed by atoms with E-state index in [1.165, 1.54) is 36.5 Å². The molecule has 12 heteroatoms. The number of rotatable bonds is 7. The van der Waals surface area contributed by atoms with Crippen molar-refractivity contribution >= 4 is 29.0 Å². The molecule has 0 aliphatic rings. The van der Waals surface area contributed by atoms with Crippen LogP contribution in [0.1, 0.15) is 5.76 Å². The first-order chi connectivity index (χ1) is 13.9. The van der Waals surface area contributed by atoms with Gasteiger partial charge in [0, 0.05) is 12.1 Å². The highest BCUT2D eigenvalue weighted by atomic mass is 16.6. The average Bonchev–Trinajstić information content (AvgIpc) is 3.16. The van der Waals surface area contributed by atoms with Crippen LogP contribution in [-0.4, -0.2) is 21.0 Å². The van der Waals surface area contributed by atoms with Gasteiger partial charge in [-0.05, 0) is 24.3 Å². The van der Waals surface area contributed by atoms with Gasteiger partial charge in [-0.15, -0.1) is 0 Å². The fraction of sp³-hybridized carbons (Fsp3) is 0. The van der Waals surface area contributed by atoms with Crippen molar-refractivity contribution in [3.8, 4) is 11.3 Å². The molecule has 1 heterocycles. The Morgan fingerprint density at radius 2 is 1.59 bits per heavy atom. The molecule has 3 aromatic rings. The predicted octanol–water partition coefficient (Wildman–Crippen LogP) is 4.12. The molecular formula is C17H11N5O7. The number of nitro groups is 3. The second-order valence-electron chi connectivity index (χ2n) is 5.56. The fourth-order valence-electron chi connectivity index (χ4n) is 2.45. The van der Waals surface area contributed by atoms with E-state index in [-0.39, 0.29) is 28.5 Å². The molecule has 146 valence electrons. The lowest BCUT2D eigenvalue weighted by atomic mass is 10.1. The van der Waals surface area contributed by atoms with E-state index in [9.17, 15) is 30.3 Å². The van der Waals surface area contributed by atoms with Crippen LogP contribution in [0.2, 0.25) is 0 Å². The van der Waals surface area contributed by atoms with Crippen LogP contribution in [0.3, 0.4) is 0 Å². The molecule has 0 saturated carbocycles. The maximum Gasteiger partial charge on any atom is 0.301 e. The molecular weight excluding hydrogens is 386 g/mol. The lowest BCUT2D eigenvalue weighted by Gasteiger charge is -2.01. The van der Waals surface area contributed by atoms with Gasteiger partial charge in [-0.25, -0.2) is 0 Å². The van der Waals surface area contributed by atoms with E-state index in [4.69, 9.17) is 4.42 Å². The van der Waals surface area contributed by atoms with Gasteiger partial charge in [0.15, 0.2) is 0 Å². The molecule has 0 spiro atoms. The van der Waals surface area contributed by atoms with E-state index >= 15 is 0 Å². The van der Waals surface area contributed by atoms with Gasteiger partial charge in [0.05, 0.1) is 32.6 Å². The summed E-state index contributed by atoms with van der Waals surface area (Å²) in [6.45, 7) is 0. The lowest BCUT2D eigenvalue weighted by molar-refractivity contribution is -0.393. The Balaban J connectivity index is 1.80. The number of nitrogens with one attached hydrogen (secondary N) is 1. The van der Waals surface area contributed by atoms with Crippen LogP contribution in [-0.2, 0) is 0 Å². The third kappa shape index (κ3) is 4.21. The van der Waals surface area contributed by atoms with Crippen molar-refractivity contribution < 1.29 is 19.2 Å². The van der Waals surface area contributed by atoms with E-state index < -0.39 is 26.1 Å². The number of benzene rings is 2. The van der Waals surface area contributed by atoms with Crippen molar-refractivity contribution in [3.63, 3.8) is 0 Å². The summed E-state index contributed by atoms with van der Waals surface area (Å²) >= 11 is 0. The number of para-hydroxylation sites is 1. The number of non-ortho nitro benzene ring substituents is 1. The number of hydrogen-bond donors (Lipinski definition) is 1. The van der Waals surface area contributed by atoms with Crippen LogP contribution in [0.4, 0.5) is 22.7 Å². The third-order valence-corrected chi connectivity index (χ3v) is 3.76. The molecule has 12 nitrogen and oxygen atoms in total. The highest BCUT2D eigenvalue weighted by Gasteiger charge is 2.19. The molecule has 0 unspecified atom stereocenters. The number of anilines is 1. The topological polar surface area (TPSA) is 167 Å². The largest absolute Gasteiger partial charge is 0.455 e. The summed E-state index contributed by atoms with van der Waals surface area (Å²) in [6, 6.07) is 12.2.